The van der Waals surface area contributed by atoms with Gasteiger partial charge in [-0.3, -0.25) is 14.4 Å². The number of nitrogens with one attached hydrogen (secondary N) is 1. The molecule has 0 radical (unpaired) electrons. The van der Waals surface area contributed by atoms with Crippen LogP contribution in [-0.2, 0) is 39.9 Å². The van der Waals surface area contributed by atoms with Crippen LogP contribution in [0, 0.1) is 10.8 Å². The first kappa shape index (κ1) is 37.9. The molecule has 0 spiro atoms. The molecule has 234 valence electrons. The highest BCUT2D eigenvalue weighted by Crippen LogP contribution is 2.22. The van der Waals surface area contributed by atoms with E-state index in [0.717, 1.165) is 37.7 Å². The average molecular weight is 580 g/mol. The van der Waals surface area contributed by atoms with E-state index in [4.69, 9.17) is 18.9 Å². The molecule has 1 aromatic carbocycles. The number of hydrogen-bond acceptors (Lipinski definition) is 8. The molecule has 0 atom stereocenters. The summed E-state index contributed by atoms with van der Waals surface area (Å²) in [6.07, 6.45) is 5.45. The smallest absolute Gasteiger partial charge is 0.407 e. The van der Waals surface area contributed by atoms with Crippen molar-refractivity contribution in [3.05, 3.63) is 35.9 Å². The number of carbonyl (C=O) groups excluding carboxylic acids is 4. The Morgan fingerprint density at radius 1 is 0.683 bits per heavy atom. The predicted molar refractivity (Wildman–Crippen MR) is 159 cm³/mol. The Kier molecular flexibility index (Phi) is 20.0. The molecule has 0 heterocycles. The molecule has 1 rings (SSSR count). The van der Waals surface area contributed by atoms with Gasteiger partial charge in [0, 0.05) is 6.42 Å². The van der Waals surface area contributed by atoms with Crippen LogP contribution in [0.15, 0.2) is 30.3 Å². The van der Waals surface area contributed by atoms with Gasteiger partial charge in [0.2, 0.25) is 0 Å². The number of alkyl carbamates (subject to hydrolysis) is 1. The van der Waals surface area contributed by atoms with Gasteiger partial charge in [-0.2, -0.15) is 0 Å². The monoisotopic (exact) mass is 579 g/mol. The zero-order valence-corrected chi connectivity index (χ0v) is 26.3. The van der Waals surface area contributed by atoms with Crippen molar-refractivity contribution in [3.63, 3.8) is 0 Å². The fourth-order valence-electron chi connectivity index (χ4n) is 2.87. The van der Waals surface area contributed by atoms with Gasteiger partial charge in [0.05, 0.1) is 30.6 Å². The molecule has 0 saturated heterocycles. The third kappa shape index (κ3) is 18.8. The van der Waals surface area contributed by atoms with Crippen molar-refractivity contribution in [1.29, 1.82) is 0 Å². The zero-order chi connectivity index (χ0) is 31.2. The van der Waals surface area contributed by atoms with Crippen LogP contribution in [0.3, 0.4) is 0 Å². The first-order valence-corrected chi connectivity index (χ1v) is 14.8. The second kappa shape index (κ2) is 21.6. The zero-order valence-electron chi connectivity index (χ0n) is 26.3. The number of hydrogen-bond donors (Lipinski definition) is 1. The van der Waals surface area contributed by atoms with Crippen molar-refractivity contribution in [1.82, 2.24) is 5.32 Å². The fraction of sp³-hybridized carbons (Fsp3) is 0.688. The second-order valence-electron chi connectivity index (χ2n) is 11.1. The van der Waals surface area contributed by atoms with Crippen LogP contribution >= 0.6 is 0 Å². The van der Waals surface area contributed by atoms with E-state index >= 15 is 0 Å². The lowest BCUT2D eigenvalue weighted by Gasteiger charge is -2.20. The van der Waals surface area contributed by atoms with E-state index in [1.54, 1.807) is 0 Å². The minimum absolute atomic E-state index is 0.123. The van der Waals surface area contributed by atoms with Crippen molar-refractivity contribution in [2.24, 2.45) is 10.8 Å². The minimum atomic E-state index is -0.533. The summed E-state index contributed by atoms with van der Waals surface area (Å²) >= 11 is 0. The van der Waals surface area contributed by atoms with E-state index in [0.29, 0.717) is 39.1 Å². The lowest BCUT2D eigenvalue weighted by atomic mass is 9.91. The van der Waals surface area contributed by atoms with Gasteiger partial charge in [0.1, 0.15) is 13.2 Å². The van der Waals surface area contributed by atoms with E-state index in [1.807, 2.05) is 78.8 Å². The Morgan fingerprint density at radius 3 is 1.85 bits per heavy atom. The summed E-state index contributed by atoms with van der Waals surface area (Å²) in [5.41, 5.74) is 0.135. The van der Waals surface area contributed by atoms with Gasteiger partial charge in [0.15, 0.2) is 0 Å². The molecule has 1 aromatic rings. The van der Waals surface area contributed by atoms with Crippen LogP contribution in [-0.4, -0.2) is 50.4 Å². The van der Waals surface area contributed by atoms with Crippen molar-refractivity contribution in [2.45, 2.75) is 106 Å². The Hall–Kier alpha value is -3.10. The van der Waals surface area contributed by atoms with Crippen molar-refractivity contribution < 1.29 is 38.1 Å². The third-order valence-electron chi connectivity index (χ3n) is 6.71. The Labute approximate surface area is 247 Å². The number of carbonyl (C=O) groups is 4. The minimum Gasteiger partial charge on any atom is -0.466 e. The van der Waals surface area contributed by atoms with Gasteiger partial charge in [-0.1, -0.05) is 57.5 Å². The summed E-state index contributed by atoms with van der Waals surface area (Å²) < 4.78 is 20.4. The van der Waals surface area contributed by atoms with Crippen LogP contribution in [0.4, 0.5) is 4.79 Å². The third-order valence-corrected chi connectivity index (χ3v) is 6.71. The first-order valence-electron chi connectivity index (χ1n) is 14.8. The molecular formula is C32H53NO8. The van der Waals surface area contributed by atoms with Crippen molar-refractivity contribution in [2.75, 3.05) is 26.4 Å². The second-order valence-corrected chi connectivity index (χ2v) is 11.1. The van der Waals surface area contributed by atoms with Crippen LogP contribution in [0.1, 0.15) is 105 Å². The molecule has 0 aliphatic carbocycles. The summed E-state index contributed by atoms with van der Waals surface area (Å²) in [6.45, 7) is 14.9. The molecule has 9 nitrogen and oxygen atoms in total. The van der Waals surface area contributed by atoms with E-state index in [2.05, 4.69) is 5.32 Å². The predicted octanol–water partition coefficient (Wildman–Crippen LogP) is 6.76. The Morgan fingerprint density at radius 2 is 1.27 bits per heavy atom. The molecule has 1 N–H and O–H groups in total. The van der Waals surface area contributed by atoms with Crippen LogP contribution < -0.4 is 5.32 Å². The largest absolute Gasteiger partial charge is 0.466 e. The van der Waals surface area contributed by atoms with E-state index < -0.39 is 11.5 Å². The first-order chi connectivity index (χ1) is 19.4. The van der Waals surface area contributed by atoms with Crippen LogP contribution in [0.5, 0.6) is 0 Å². The molecule has 1 amide bonds. The summed E-state index contributed by atoms with van der Waals surface area (Å²) in [7, 11) is 0. The van der Waals surface area contributed by atoms with Gasteiger partial charge in [-0.15, -0.1) is 0 Å². The van der Waals surface area contributed by atoms with Crippen LogP contribution in [0.2, 0.25) is 0 Å². The molecule has 0 fully saturated rings. The van der Waals surface area contributed by atoms with Gasteiger partial charge in [0.25, 0.3) is 0 Å². The lowest BCUT2D eigenvalue weighted by Crippen LogP contribution is -2.32. The standard InChI is InChI=1S/C19H35NO6.C13H18O2/c1-5-7-13-24-16(21)11-9-8-10-14-26-18(23)20-12-15-25-17(22)19(3,4)6-2;1-4-13(2,3)12(14)15-10-11-8-6-5-7-9-11/h5-15H2,1-4H3,(H,20,23);5-9H,4,10H2,1-3H3. The van der Waals surface area contributed by atoms with Crippen molar-refractivity contribution >= 4 is 24.0 Å². The Bertz CT molecular complexity index is 883. The fourth-order valence-corrected chi connectivity index (χ4v) is 2.87. The molecule has 0 unspecified atom stereocenters. The summed E-state index contributed by atoms with van der Waals surface area (Å²) in [5, 5.41) is 2.53. The Balaban J connectivity index is 0.000000897. The maximum atomic E-state index is 11.7. The van der Waals surface area contributed by atoms with E-state index in [-0.39, 0.29) is 36.5 Å². The molecule has 41 heavy (non-hydrogen) atoms. The number of unbranched alkanes of at least 4 members (excludes halogenated alkanes) is 3. The maximum absolute atomic E-state index is 11.7. The maximum Gasteiger partial charge on any atom is 0.407 e. The van der Waals surface area contributed by atoms with Gasteiger partial charge in [-0.05, 0) is 71.8 Å². The number of ether oxygens (including phenoxy) is 4. The normalized spacial score (nSPS) is 11.0. The molecular weight excluding hydrogens is 526 g/mol. The highest BCUT2D eigenvalue weighted by molar-refractivity contribution is 5.76. The highest BCUT2D eigenvalue weighted by Gasteiger charge is 2.27. The molecule has 0 aliphatic rings. The number of rotatable bonds is 18. The van der Waals surface area contributed by atoms with E-state index in [9.17, 15) is 19.2 Å². The highest BCUT2D eigenvalue weighted by atomic mass is 16.6. The van der Waals surface area contributed by atoms with Gasteiger partial charge >= 0.3 is 24.0 Å². The SMILES string of the molecule is CCC(C)(C)C(=O)OCc1ccccc1.CCCCOC(=O)CCCCCOC(=O)NCCOC(=O)C(C)(C)CC. The summed E-state index contributed by atoms with van der Waals surface area (Å²) in [5.74, 6) is -0.574. The average Bonchev–Trinajstić information content (AvgIpc) is 2.96. The number of esters is 3. The molecule has 0 aliphatic heterocycles. The molecule has 9 heteroatoms. The number of amides is 1. The van der Waals surface area contributed by atoms with E-state index in [1.165, 1.54) is 0 Å². The topological polar surface area (TPSA) is 117 Å². The van der Waals surface area contributed by atoms with Gasteiger partial charge in [-0.25, -0.2) is 4.79 Å². The quantitative estimate of drug-likeness (QED) is 0.115. The molecule has 0 saturated carbocycles. The summed E-state index contributed by atoms with van der Waals surface area (Å²) in [6, 6.07) is 9.72. The molecule has 0 bridgehead atoms. The summed E-state index contributed by atoms with van der Waals surface area (Å²) in [4.78, 5) is 46.2. The van der Waals surface area contributed by atoms with Gasteiger partial charge < -0.3 is 24.3 Å². The van der Waals surface area contributed by atoms with Crippen molar-refractivity contribution in [3.8, 4) is 0 Å². The van der Waals surface area contributed by atoms with Crippen LogP contribution in [0.25, 0.3) is 0 Å². The molecule has 0 aromatic heterocycles. The lowest BCUT2D eigenvalue weighted by molar-refractivity contribution is -0.155. The number of benzene rings is 1.